The molecule has 3 heterocycles. The third-order valence-corrected chi connectivity index (χ3v) is 6.47. The molecular weight excluding hydrogens is 330 g/mol. The largest absolute Gasteiger partial charge is 0.481 e. The van der Waals surface area contributed by atoms with Crippen molar-refractivity contribution in [3.05, 3.63) is 23.9 Å². The minimum atomic E-state index is -0.615. The number of carboxylic acid groups (broad SMARTS) is 1. The molecule has 0 unspecified atom stereocenters. The Bertz CT molecular complexity index is 644. The van der Waals surface area contributed by atoms with Gasteiger partial charge >= 0.3 is 5.97 Å². The van der Waals surface area contributed by atoms with Gasteiger partial charge in [0.05, 0.1) is 12.0 Å². The van der Waals surface area contributed by atoms with Gasteiger partial charge in [0.1, 0.15) is 0 Å². The van der Waals surface area contributed by atoms with Crippen molar-refractivity contribution in [1.29, 1.82) is 0 Å². The third-order valence-electron chi connectivity index (χ3n) is 6.47. The van der Waals surface area contributed by atoms with E-state index >= 15 is 0 Å². The van der Waals surface area contributed by atoms with Crippen molar-refractivity contribution in [2.24, 2.45) is 11.3 Å². The normalized spacial score (nSPS) is 30.0. The molecule has 6 heteroatoms. The molecule has 0 radical (unpaired) electrons. The predicted octanol–water partition coefficient (Wildman–Crippen LogP) is 2.24. The van der Waals surface area contributed by atoms with Crippen molar-refractivity contribution in [3.8, 4) is 5.88 Å². The molecule has 1 aromatic rings. The number of likely N-dealkylation sites (tertiary alicyclic amines) is 2. The number of rotatable bonds is 6. The molecule has 26 heavy (non-hydrogen) atoms. The van der Waals surface area contributed by atoms with Crippen LogP contribution in [-0.2, 0) is 11.3 Å². The fraction of sp³-hybridized carbons (Fsp3) is 0.700. The Hall–Kier alpha value is -1.66. The van der Waals surface area contributed by atoms with Gasteiger partial charge in [-0.15, -0.1) is 0 Å². The smallest absolute Gasteiger partial charge is 0.312 e. The third kappa shape index (κ3) is 3.21. The van der Waals surface area contributed by atoms with Crippen molar-refractivity contribution >= 4 is 5.97 Å². The number of carbonyl (C=O) groups is 1. The van der Waals surface area contributed by atoms with Crippen LogP contribution in [0, 0.1) is 11.3 Å². The van der Waals surface area contributed by atoms with Crippen LogP contribution in [0.5, 0.6) is 5.88 Å². The molecule has 1 N–H and O–H groups in total. The summed E-state index contributed by atoms with van der Waals surface area (Å²) in [7, 11) is 0. The standard InChI is InChI=1S/C20H29N3O3/c1-2-26-18-8-7-15(9-21-18)10-22-11-16-12-23(17-5-3-4-6-17)14-20(16,13-22)19(24)25/h7-9,16-17H,2-6,10-14H2,1H3,(H,24,25)/t16-,20-/m0/s1. The first kappa shape index (κ1) is 17.7. The highest BCUT2D eigenvalue weighted by molar-refractivity contribution is 5.77. The molecule has 3 aliphatic rings. The van der Waals surface area contributed by atoms with Gasteiger partial charge in [-0.25, -0.2) is 4.98 Å². The molecule has 2 saturated heterocycles. The second kappa shape index (κ2) is 7.16. The average molecular weight is 359 g/mol. The van der Waals surface area contributed by atoms with Gasteiger partial charge in [-0.1, -0.05) is 18.9 Å². The number of aromatic nitrogens is 1. The second-order valence-electron chi connectivity index (χ2n) is 8.13. The first-order valence-electron chi connectivity index (χ1n) is 9.88. The zero-order chi connectivity index (χ0) is 18.1. The van der Waals surface area contributed by atoms with Crippen LogP contribution in [0.3, 0.4) is 0 Å². The maximum Gasteiger partial charge on any atom is 0.312 e. The van der Waals surface area contributed by atoms with Gasteiger partial charge in [-0.3, -0.25) is 14.6 Å². The summed E-state index contributed by atoms with van der Waals surface area (Å²) in [5.41, 5.74) is 0.517. The quantitative estimate of drug-likeness (QED) is 0.840. The van der Waals surface area contributed by atoms with Gasteiger partial charge in [-0.2, -0.15) is 0 Å². The maximum absolute atomic E-state index is 12.2. The van der Waals surface area contributed by atoms with Crippen LogP contribution < -0.4 is 4.74 Å². The van der Waals surface area contributed by atoms with Crippen LogP contribution in [0.4, 0.5) is 0 Å². The molecule has 1 aliphatic carbocycles. The van der Waals surface area contributed by atoms with E-state index in [0.717, 1.165) is 31.7 Å². The van der Waals surface area contributed by atoms with E-state index in [9.17, 15) is 9.90 Å². The van der Waals surface area contributed by atoms with Crippen molar-refractivity contribution in [2.75, 3.05) is 32.8 Å². The Kier molecular flexibility index (Phi) is 4.88. The van der Waals surface area contributed by atoms with E-state index < -0.39 is 11.4 Å². The second-order valence-corrected chi connectivity index (χ2v) is 8.13. The fourth-order valence-electron chi connectivity index (χ4n) is 5.17. The molecular formula is C20H29N3O3. The molecule has 0 aromatic carbocycles. The van der Waals surface area contributed by atoms with Crippen molar-refractivity contribution in [2.45, 2.75) is 45.2 Å². The summed E-state index contributed by atoms with van der Waals surface area (Å²) in [5, 5.41) is 10.0. The molecule has 0 bridgehead atoms. The van der Waals surface area contributed by atoms with Crippen LogP contribution in [0.2, 0.25) is 0 Å². The van der Waals surface area contributed by atoms with Gasteiger partial charge in [0.25, 0.3) is 0 Å². The molecule has 2 atom stereocenters. The van der Waals surface area contributed by atoms with E-state index in [4.69, 9.17) is 4.74 Å². The Morgan fingerprint density at radius 2 is 2.12 bits per heavy atom. The lowest BCUT2D eigenvalue weighted by molar-refractivity contribution is -0.149. The lowest BCUT2D eigenvalue weighted by Crippen LogP contribution is -2.42. The van der Waals surface area contributed by atoms with Gasteiger partial charge in [0.15, 0.2) is 0 Å². The highest BCUT2D eigenvalue weighted by Crippen LogP contribution is 2.45. The molecule has 0 spiro atoms. The van der Waals surface area contributed by atoms with Crippen LogP contribution in [0.1, 0.15) is 38.2 Å². The van der Waals surface area contributed by atoms with Crippen molar-refractivity contribution in [1.82, 2.24) is 14.8 Å². The SMILES string of the molecule is CCOc1ccc(CN2C[C@H]3CN(C4CCCC4)C[C@@]3(C(=O)O)C2)cn1. The summed E-state index contributed by atoms with van der Waals surface area (Å²) in [6.45, 7) is 6.47. The number of fused-ring (bicyclic) bond motifs is 1. The van der Waals surface area contributed by atoms with E-state index in [-0.39, 0.29) is 5.92 Å². The predicted molar refractivity (Wildman–Crippen MR) is 98.1 cm³/mol. The number of pyridine rings is 1. The summed E-state index contributed by atoms with van der Waals surface area (Å²) < 4.78 is 5.39. The lowest BCUT2D eigenvalue weighted by atomic mass is 9.81. The average Bonchev–Trinajstić information content (AvgIpc) is 3.31. The molecule has 1 saturated carbocycles. The summed E-state index contributed by atoms with van der Waals surface area (Å²) in [4.78, 5) is 21.3. The Morgan fingerprint density at radius 1 is 1.31 bits per heavy atom. The van der Waals surface area contributed by atoms with Gasteiger partial charge in [0, 0.05) is 56.9 Å². The fourth-order valence-corrected chi connectivity index (χ4v) is 5.17. The van der Waals surface area contributed by atoms with Gasteiger partial charge < -0.3 is 9.84 Å². The monoisotopic (exact) mass is 359 g/mol. The van der Waals surface area contributed by atoms with E-state index in [2.05, 4.69) is 14.8 Å². The minimum Gasteiger partial charge on any atom is -0.481 e. The summed E-state index contributed by atoms with van der Waals surface area (Å²) in [6, 6.07) is 4.54. The summed E-state index contributed by atoms with van der Waals surface area (Å²) in [5.74, 6) is 0.260. The summed E-state index contributed by atoms with van der Waals surface area (Å²) >= 11 is 0. The molecule has 1 aromatic heterocycles. The summed E-state index contributed by atoms with van der Waals surface area (Å²) in [6.07, 6.45) is 6.91. The van der Waals surface area contributed by atoms with E-state index in [1.54, 1.807) is 0 Å². The van der Waals surface area contributed by atoms with Crippen LogP contribution in [-0.4, -0.2) is 64.7 Å². The zero-order valence-electron chi connectivity index (χ0n) is 15.6. The highest BCUT2D eigenvalue weighted by Gasteiger charge is 2.58. The van der Waals surface area contributed by atoms with Crippen LogP contribution >= 0.6 is 0 Å². The highest BCUT2D eigenvalue weighted by atomic mass is 16.5. The van der Waals surface area contributed by atoms with Crippen molar-refractivity contribution in [3.63, 3.8) is 0 Å². The maximum atomic E-state index is 12.2. The number of nitrogens with zero attached hydrogens (tertiary/aromatic N) is 3. The molecule has 0 amide bonds. The van der Waals surface area contributed by atoms with E-state index in [1.807, 2.05) is 25.3 Å². The number of hydrogen-bond acceptors (Lipinski definition) is 5. The number of carboxylic acids is 1. The van der Waals surface area contributed by atoms with E-state index in [0.29, 0.717) is 25.1 Å². The molecule has 3 fully saturated rings. The van der Waals surface area contributed by atoms with Crippen molar-refractivity contribution < 1.29 is 14.6 Å². The lowest BCUT2D eigenvalue weighted by Gasteiger charge is -2.28. The number of aliphatic carboxylic acids is 1. The first-order chi connectivity index (χ1) is 12.6. The van der Waals surface area contributed by atoms with Crippen LogP contribution in [0.15, 0.2) is 18.3 Å². The Balaban J connectivity index is 1.42. The van der Waals surface area contributed by atoms with Gasteiger partial charge in [-0.05, 0) is 25.3 Å². The Labute approximate surface area is 155 Å². The van der Waals surface area contributed by atoms with Gasteiger partial charge in [0.2, 0.25) is 5.88 Å². The number of ether oxygens (including phenoxy) is 1. The van der Waals surface area contributed by atoms with Crippen LogP contribution in [0.25, 0.3) is 0 Å². The molecule has 2 aliphatic heterocycles. The zero-order valence-corrected chi connectivity index (χ0v) is 15.6. The first-order valence-corrected chi connectivity index (χ1v) is 9.88. The molecule has 4 rings (SSSR count). The minimum absolute atomic E-state index is 0.233. The number of hydrogen-bond donors (Lipinski definition) is 1. The topological polar surface area (TPSA) is 65.9 Å². The Morgan fingerprint density at radius 3 is 2.73 bits per heavy atom. The molecule has 142 valence electrons. The van der Waals surface area contributed by atoms with E-state index in [1.165, 1.54) is 25.7 Å². The molecule has 6 nitrogen and oxygen atoms in total.